The van der Waals surface area contributed by atoms with E-state index in [0.29, 0.717) is 17.8 Å². The Morgan fingerprint density at radius 3 is 2.85 bits per heavy atom. The second-order valence-electron chi connectivity index (χ2n) is 4.72. The Bertz CT molecular complexity index is 569. The van der Waals surface area contributed by atoms with E-state index in [-0.39, 0.29) is 0 Å². The first-order valence-electron chi connectivity index (χ1n) is 6.50. The smallest absolute Gasteiger partial charge is 0.228 e. The van der Waals surface area contributed by atoms with Crippen LogP contribution in [0.2, 0.25) is 0 Å². The van der Waals surface area contributed by atoms with Crippen molar-refractivity contribution in [2.45, 2.75) is 26.3 Å². The summed E-state index contributed by atoms with van der Waals surface area (Å²) in [7, 11) is 1.63. The molecule has 0 unspecified atom stereocenters. The number of nitrogens with one attached hydrogen (secondary N) is 1. The molecule has 0 atom stereocenters. The zero-order valence-electron chi connectivity index (χ0n) is 11.8. The zero-order valence-corrected chi connectivity index (χ0v) is 13.4. The van der Waals surface area contributed by atoms with Crippen LogP contribution in [0.5, 0.6) is 5.75 Å². The first kappa shape index (κ1) is 15.0. The van der Waals surface area contributed by atoms with Crippen molar-refractivity contribution in [3.63, 3.8) is 0 Å². The topological polar surface area (TPSA) is 60.2 Å². The molecule has 0 bridgehead atoms. The van der Waals surface area contributed by atoms with Crippen molar-refractivity contribution in [1.82, 2.24) is 15.5 Å². The van der Waals surface area contributed by atoms with Crippen LogP contribution in [-0.4, -0.2) is 29.8 Å². The summed E-state index contributed by atoms with van der Waals surface area (Å²) in [6.07, 6.45) is 0.725. The molecule has 20 heavy (non-hydrogen) atoms. The van der Waals surface area contributed by atoms with Gasteiger partial charge in [-0.2, -0.15) is 4.98 Å². The van der Waals surface area contributed by atoms with Crippen LogP contribution < -0.4 is 10.1 Å². The van der Waals surface area contributed by atoms with E-state index in [9.17, 15) is 0 Å². The van der Waals surface area contributed by atoms with Gasteiger partial charge in [-0.05, 0) is 34.1 Å². The molecule has 0 amide bonds. The predicted molar refractivity (Wildman–Crippen MR) is 80.8 cm³/mol. The van der Waals surface area contributed by atoms with Crippen LogP contribution in [0, 0.1) is 0 Å². The SMILES string of the molecule is COc1ccc(-c2noc(CCNC(C)C)n2)cc1Br. The number of nitrogens with zero attached hydrogens (tertiary/aromatic N) is 2. The molecule has 2 aromatic rings. The number of halogens is 1. The van der Waals surface area contributed by atoms with Crippen molar-refractivity contribution in [3.8, 4) is 17.1 Å². The van der Waals surface area contributed by atoms with Gasteiger partial charge in [-0.3, -0.25) is 0 Å². The monoisotopic (exact) mass is 339 g/mol. The maximum Gasteiger partial charge on any atom is 0.228 e. The molecular formula is C14H18BrN3O2. The average Bonchev–Trinajstić information content (AvgIpc) is 2.87. The molecule has 108 valence electrons. The number of methoxy groups -OCH3 is 1. The molecule has 0 saturated heterocycles. The first-order valence-corrected chi connectivity index (χ1v) is 7.29. The summed E-state index contributed by atoms with van der Waals surface area (Å²) in [5.74, 6) is 2.01. The number of rotatable bonds is 6. The number of ether oxygens (including phenoxy) is 1. The van der Waals surface area contributed by atoms with E-state index in [1.807, 2.05) is 18.2 Å². The Morgan fingerprint density at radius 2 is 2.20 bits per heavy atom. The van der Waals surface area contributed by atoms with Crippen molar-refractivity contribution in [3.05, 3.63) is 28.6 Å². The largest absolute Gasteiger partial charge is 0.496 e. The fourth-order valence-electron chi connectivity index (χ4n) is 1.75. The molecule has 1 heterocycles. The maximum absolute atomic E-state index is 5.25. The van der Waals surface area contributed by atoms with Gasteiger partial charge in [0.15, 0.2) is 0 Å². The van der Waals surface area contributed by atoms with Crippen molar-refractivity contribution in [2.24, 2.45) is 0 Å². The van der Waals surface area contributed by atoms with Gasteiger partial charge in [0, 0.05) is 24.6 Å². The minimum absolute atomic E-state index is 0.454. The van der Waals surface area contributed by atoms with E-state index in [2.05, 4.69) is 45.2 Å². The fraction of sp³-hybridized carbons (Fsp3) is 0.429. The van der Waals surface area contributed by atoms with Crippen molar-refractivity contribution < 1.29 is 9.26 Å². The zero-order chi connectivity index (χ0) is 14.5. The molecule has 0 saturated carbocycles. The summed E-state index contributed by atoms with van der Waals surface area (Å²) < 4.78 is 11.3. The lowest BCUT2D eigenvalue weighted by Gasteiger charge is -2.04. The molecule has 0 radical (unpaired) electrons. The Morgan fingerprint density at radius 1 is 1.40 bits per heavy atom. The molecule has 0 aliphatic rings. The van der Waals surface area contributed by atoms with E-state index in [0.717, 1.165) is 28.8 Å². The van der Waals surface area contributed by atoms with Gasteiger partial charge in [-0.25, -0.2) is 0 Å². The van der Waals surface area contributed by atoms with Gasteiger partial charge < -0.3 is 14.6 Å². The van der Waals surface area contributed by atoms with Crippen LogP contribution in [0.1, 0.15) is 19.7 Å². The molecule has 1 aromatic carbocycles. The molecule has 6 heteroatoms. The number of hydrogen-bond acceptors (Lipinski definition) is 5. The molecule has 2 rings (SSSR count). The fourth-order valence-corrected chi connectivity index (χ4v) is 2.29. The summed E-state index contributed by atoms with van der Waals surface area (Å²) in [5, 5.41) is 7.32. The standard InChI is InChI=1S/C14H18BrN3O2/c1-9(2)16-7-6-13-17-14(18-20-13)10-4-5-12(19-3)11(15)8-10/h4-5,8-9,16H,6-7H2,1-3H3. The van der Waals surface area contributed by atoms with Crippen LogP contribution in [0.25, 0.3) is 11.4 Å². The van der Waals surface area contributed by atoms with Gasteiger partial charge in [-0.15, -0.1) is 0 Å². The second-order valence-corrected chi connectivity index (χ2v) is 5.57. The highest BCUT2D eigenvalue weighted by Crippen LogP contribution is 2.29. The summed E-state index contributed by atoms with van der Waals surface area (Å²) in [4.78, 5) is 4.39. The van der Waals surface area contributed by atoms with Crippen LogP contribution in [-0.2, 0) is 6.42 Å². The molecule has 0 fully saturated rings. The molecule has 0 aliphatic heterocycles. The lowest BCUT2D eigenvalue weighted by Crippen LogP contribution is -2.25. The number of benzene rings is 1. The highest BCUT2D eigenvalue weighted by molar-refractivity contribution is 9.10. The van der Waals surface area contributed by atoms with E-state index in [1.54, 1.807) is 7.11 Å². The highest BCUT2D eigenvalue weighted by atomic mass is 79.9. The van der Waals surface area contributed by atoms with Gasteiger partial charge in [0.2, 0.25) is 11.7 Å². The van der Waals surface area contributed by atoms with E-state index in [4.69, 9.17) is 9.26 Å². The van der Waals surface area contributed by atoms with Gasteiger partial charge in [0.1, 0.15) is 5.75 Å². The highest BCUT2D eigenvalue weighted by Gasteiger charge is 2.10. The van der Waals surface area contributed by atoms with Crippen molar-refractivity contribution >= 4 is 15.9 Å². The van der Waals surface area contributed by atoms with Gasteiger partial charge in [-0.1, -0.05) is 19.0 Å². The second kappa shape index (κ2) is 6.85. The number of hydrogen-bond donors (Lipinski definition) is 1. The third kappa shape index (κ3) is 3.80. The third-order valence-corrected chi connectivity index (χ3v) is 3.39. The van der Waals surface area contributed by atoms with Gasteiger partial charge >= 0.3 is 0 Å². The van der Waals surface area contributed by atoms with Gasteiger partial charge in [0.25, 0.3) is 0 Å². The predicted octanol–water partition coefficient (Wildman–Crippen LogP) is 3.05. The summed E-state index contributed by atoms with van der Waals surface area (Å²) >= 11 is 3.45. The lowest BCUT2D eigenvalue weighted by molar-refractivity contribution is 0.374. The van der Waals surface area contributed by atoms with Crippen molar-refractivity contribution in [1.29, 1.82) is 0 Å². The first-order chi connectivity index (χ1) is 9.60. The minimum Gasteiger partial charge on any atom is -0.496 e. The lowest BCUT2D eigenvalue weighted by atomic mass is 10.2. The maximum atomic E-state index is 5.25. The Kier molecular flexibility index (Phi) is 5.14. The summed E-state index contributed by atoms with van der Waals surface area (Å²) in [6, 6.07) is 6.15. The Hall–Kier alpha value is -1.40. The van der Waals surface area contributed by atoms with E-state index in [1.165, 1.54) is 0 Å². The van der Waals surface area contributed by atoms with Crippen LogP contribution in [0.4, 0.5) is 0 Å². The average molecular weight is 340 g/mol. The van der Waals surface area contributed by atoms with Crippen LogP contribution in [0.15, 0.2) is 27.2 Å². The number of aromatic nitrogens is 2. The molecular weight excluding hydrogens is 322 g/mol. The summed E-state index contributed by atoms with van der Waals surface area (Å²) in [5.41, 5.74) is 0.893. The minimum atomic E-state index is 0.454. The third-order valence-electron chi connectivity index (χ3n) is 2.77. The van der Waals surface area contributed by atoms with Crippen LogP contribution in [0.3, 0.4) is 0 Å². The summed E-state index contributed by atoms with van der Waals surface area (Å²) in [6.45, 7) is 5.04. The van der Waals surface area contributed by atoms with Crippen molar-refractivity contribution in [2.75, 3.05) is 13.7 Å². The quantitative estimate of drug-likeness (QED) is 0.876. The normalized spacial score (nSPS) is 11.1. The molecule has 5 nitrogen and oxygen atoms in total. The molecule has 1 N–H and O–H groups in total. The molecule has 0 spiro atoms. The molecule has 1 aromatic heterocycles. The molecule has 0 aliphatic carbocycles. The van der Waals surface area contributed by atoms with Gasteiger partial charge in [0.05, 0.1) is 11.6 Å². The Balaban J connectivity index is 2.06. The van der Waals surface area contributed by atoms with Crippen LogP contribution >= 0.6 is 15.9 Å². The van der Waals surface area contributed by atoms with E-state index >= 15 is 0 Å². The Labute approximate surface area is 126 Å². The van der Waals surface area contributed by atoms with E-state index < -0.39 is 0 Å².